The maximum atomic E-state index is 12.6. The third kappa shape index (κ3) is 4.25. The molecule has 1 aliphatic heterocycles. The topological polar surface area (TPSA) is 82.1 Å². The maximum Gasteiger partial charge on any atom is 0.413 e. The van der Waals surface area contributed by atoms with Gasteiger partial charge in [0.05, 0.1) is 12.7 Å². The molecular formula is C20H19NO6. The van der Waals surface area contributed by atoms with E-state index in [-0.39, 0.29) is 25.5 Å². The summed E-state index contributed by atoms with van der Waals surface area (Å²) in [6, 6.07) is 14.9. The Balaban J connectivity index is 1.67. The van der Waals surface area contributed by atoms with Gasteiger partial charge in [0, 0.05) is 6.42 Å². The molecule has 7 heteroatoms. The van der Waals surface area contributed by atoms with Gasteiger partial charge in [-0.25, -0.2) is 9.59 Å². The van der Waals surface area contributed by atoms with E-state index in [4.69, 9.17) is 14.2 Å². The Morgan fingerprint density at radius 2 is 1.81 bits per heavy atom. The number of ether oxygens (including phenoxy) is 3. The molecule has 1 unspecified atom stereocenters. The Bertz CT molecular complexity index is 835. The zero-order valence-corrected chi connectivity index (χ0v) is 14.8. The molecule has 1 atom stereocenters. The van der Waals surface area contributed by atoms with E-state index in [0.717, 1.165) is 10.5 Å². The number of benzene rings is 2. The number of methoxy groups -OCH3 is 1. The minimum absolute atomic E-state index is 0.0670. The number of hydrogen-bond donors (Lipinski definition) is 0. The predicted octanol–water partition coefficient (Wildman–Crippen LogP) is 2.79. The number of nitrogens with zero attached hydrogens (tertiary/aromatic N) is 1. The van der Waals surface area contributed by atoms with Crippen molar-refractivity contribution in [1.82, 2.24) is 4.90 Å². The summed E-state index contributed by atoms with van der Waals surface area (Å²) in [7, 11) is 1.46. The molecule has 27 heavy (non-hydrogen) atoms. The maximum absolute atomic E-state index is 12.6. The van der Waals surface area contributed by atoms with Crippen LogP contribution in [-0.4, -0.2) is 42.6 Å². The van der Waals surface area contributed by atoms with Crippen LogP contribution in [0.1, 0.15) is 22.3 Å². The summed E-state index contributed by atoms with van der Waals surface area (Å²) < 4.78 is 15.4. The minimum Gasteiger partial charge on any atom is -0.496 e. The lowest BCUT2D eigenvalue weighted by Crippen LogP contribution is -2.39. The third-order valence-electron chi connectivity index (χ3n) is 4.22. The number of Topliss-reactive ketones (excluding diaryl/α,β-unsaturated/α-hetero) is 1. The van der Waals surface area contributed by atoms with Gasteiger partial charge in [-0.3, -0.25) is 9.69 Å². The summed E-state index contributed by atoms with van der Waals surface area (Å²) in [4.78, 5) is 38.1. The Morgan fingerprint density at radius 3 is 2.56 bits per heavy atom. The molecule has 2 aromatic carbocycles. The average molecular weight is 369 g/mol. The van der Waals surface area contributed by atoms with Gasteiger partial charge >= 0.3 is 12.1 Å². The van der Waals surface area contributed by atoms with Crippen molar-refractivity contribution in [3.63, 3.8) is 0 Å². The number of carbonyl (C=O) groups is 3. The highest BCUT2D eigenvalue weighted by Gasteiger charge is 2.40. The van der Waals surface area contributed by atoms with Crippen LogP contribution in [0.5, 0.6) is 5.75 Å². The van der Waals surface area contributed by atoms with Crippen molar-refractivity contribution >= 4 is 17.8 Å². The standard InChI is InChI=1S/C20H19NO6/c1-25-18-10-6-5-9-15(18)17(22)11-16-19(23)27-13-21(16)20(24)26-12-14-7-3-2-4-8-14/h2-10,16H,11-13H2,1H3. The van der Waals surface area contributed by atoms with E-state index in [1.54, 1.807) is 24.3 Å². The van der Waals surface area contributed by atoms with Gasteiger partial charge in [0.15, 0.2) is 12.5 Å². The third-order valence-corrected chi connectivity index (χ3v) is 4.22. The van der Waals surface area contributed by atoms with Gasteiger partial charge in [-0.2, -0.15) is 0 Å². The zero-order chi connectivity index (χ0) is 19.2. The molecule has 1 amide bonds. The Labute approximate surface area is 156 Å². The number of carbonyl (C=O) groups excluding carboxylic acids is 3. The Kier molecular flexibility index (Phi) is 5.71. The molecule has 3 rings (SSSR count). The van der Waals surface area contributed by atoms with E-state index in [1.165, 1.54) is 7.11 Å². The number of hydrogen-bond acceptors (Lipinski definition) is 6. The average Bonchev–Trinajstić information content (AvgIpc) is 3.07. The van der Waals surface area contributed by atoms with Crippen LogP contribution in [0, 0.1) is 0 Å². The van der Waals surface area contributed by atoms with Crippen molar-refractivity contribution in [2.45, 2.75) is 19.1 Å². The van der Waals surface area contributed by atoms with Crippen molar-refractivity contribution in [2.75, 3.05) is 13.8 Å². The molecule has 7 nitrogen and oxygen atoms in total. The van der Waals surface area contributed by atoms with Crippen LogP contribution in [0.2, 0.25) is 0 Å². The molecule has 140 valence electrons. The number of amides is 1. The van der Waals surface area contributed by atoms with E-state index < -0.39 is 18.1 Å². The van der Waals surface area contributed by atoms with Crippen LogP contribution < -0.4 is 4.74 Å². The highest BCUT2D eigenvalue weighted by Crippen LogP contribution is 2.23. The summed E-state index contributed by atoms with van der Waals surface area (Å²) in [5.74, 6) is -0.542. The molecule has 0 saturated carbocycles. The van der Waals surface area contributed by atoms with Crippen molar-refractivity contribution in [1.29, 1.82) is 0 Å². The monoisotopic (exact) mass is 369 g/mol. The lowest BCUT2D eigenvalue weighted by molar-refractivity contribution is -0.139. The van der Waals surface area contributed by atoms with Gasteiger partial charge < -0.3 is 14.2 Å². The highest BCUT2D eigenvalue weighted by molar-refractivity contribution is 6.01. The summed E-state index contributed by atoms with van der Waals surface area (Å²) >= 11 is 0. The molecule has 0 aromatic heterocycles. The quantitative estimate of drug-likeness (QED) is 0.575. The van der Waals surface area contributed by atoms with Crippen LogP contribution in [0.25, 0.3) is 0 Å². The van der Waals surface area contributed by atoms with Gasteiger partial charge in [0.25, 0.3) is 0 Å². The van der Waals surface area contributed by atoms with Crippen molar-refractivity contribution in [3.8, 4) is 5.75 Å². The van der Waals surface area contributed by atoms with Crippen LogP contribution in [-0.2, 0) is 20.9 Å². The molecule has 0 spiro atoms. The molecule has 0 bridgehead atoms. The molecule has 0 N–H and O–H groups in total. The number of rotatable bonds is 6. The van der Waals surface area contributed by atoms with E-state index >= 15 is 0 Å². The van der Waals surface area contributed by atoms with Gasteiger partial charge in [-0.15, -0.1) is 0 Å². The highest BCUT2D eigenvalue weighted by atomic mass is 16.6. The fourth-order valence-electron chi connectivity index (χ4n) is 2.78. The molecule has 0 aliphatic carbocycles. The lowest BCUT2D eigenvalue weighted by Gasteiger charge is -2.19. The molecule has 2 aromatic rings. The smallest absolute Gasteiger partial charge is 0.413 e. The summed E-state index contributed by atoms with van der Waals surface area (Å²) in [5, 5.41) is 0. The molecule has 1 heterocycles. The van der Waals surface area contributed by atoms with Crippen LogP contribution >= 0.6 is 0 Å². The first-order valence-corrected chi connectivity index (χ1v) is 8.40. The second-order valence-corrected chi connectivity index (χ2v) is 5.95. The summed E-state index contributed by atoms with van der Waals surface area (Å²) in [6.45, 7) is -0.173. The van der Waals surface area contributed by atoms with E-state index in [1.807, 2.05) is 30.3 Å². The number of para-hydroxylation sites is 1. The number of ketones is 1. The van der Waals surface area contributed by atoms with Gasteiger partial charge in [-0.05, 0) is 17.7 Å². The molecule has 1 fully saturated rings. The van der Waals surface area contributed by atoms with E-state index in [9.17, 15) is 14.4 Å². The summed E-state index contributed by atoms with van der Waals surface area (Å²) in [5.41, 5.74) is 1.16. The summed E-state index contributed by atoms with van der Waals surface area (Å²) in [6.07, 6.45) is -0.915. The van der Waals surface area contributed by atoms with Crippen molar-refractivity contribution in [2.24, 2.45) is 0 Å². The van der Waals surface area contributed by atoms with Gasteiger partial charge in [0.2, 0.25) is 0 Å². The van der Waals surface area contributed by atoms with Gasteiger partial charge in [-0.1, -0.05) is 42.5 Å². The second kappa shape index (κ2) is 8.35. The fourth-order valence-corrected chi connectivity index (χ4v) is 2.78. The molecular weight excluding hydrogens is 350 g/mol. The molecule has 1 aliphatic rings. The number of cyclic esters (lactones) is 1. The van der Waals surface area contributed by atoms with Crippen molar-refractivity contribution < 1.29 is 28.6 Å². The normalized spacial score (nSPS) is 16.0. The Morgan fingerprint density at radius 1 is 1.11 bits per heavy atom. The van der Waals surface area contributed by atoms with E-state index in [0.29, 0.717) is 11.3 Å². The molecule has 0 radical (unpaired) electrons. The van der Waals surface area contributed by atoms with Gasteiger partial charge in [0.1, 0.15) is 18.4 Å². The lowest BCUT2D eigenvalue weighted by atomic mass is 10.0. The largest absolute Gasteiger partial charge is 0.496 e. The van der Waals surface area contributed by atoms with Crippen LogP contribution in [0.15, 0.2) is 54.6 Å². The SMILES string of the molecule is COc1ccccc1C(=O)CC1C(=O)OCN1C(=O)OCc1ccccc1. The first kappa shape index (κ1) is 18.4. The number of esters is 1. The van der Waals surface area contributed by atoms with Crippen LogP contribution in [0.3, 0.4) is 0 Å². The second-order valence-electron chi connectivity index (χ2n) is 5.95. The van der Waals surface area contributed by atoms with E-state index in [2.05, 4.69) is 0 Å². The first-order chi connectivity index (χ1) is 13.1. The van der Waals surface area contributed by atoms with Crippen LogP contribution in [0.4, 0.5) is 4.79 Å². The Hall–Kier alpha value is -3.35. The predicted molar refractivity (Wildman–Crippen MR) is 95.2 cm³/mol. The molecule has 1 saturated heterocycles. The van der Waals surface area contributed by atoms with Crippen molar-refractivity contribution in [3.05, 3.63) is 65.7 Å². The minimum atomic E-state index is -1.02. The first-order valence-electron chi connectivity index (χ1n) is 8.40. The zero-order valence-electron chi connectivity index (χ0n) is 14.8. The fraction of sp³-hybridized carbons (Fsp3) is 0.250.